The van der Waals surface area contributed by atoms with Gasteiger partial charge in [-0.15, -0.1) is 0 Å². The first-order valence-corrected chi connectivity index (χ1v) is 6.45. The van der Waals surface area contributed by atoms with Gasteiger partial charge in [-0.05, 0) is 37.0 Å². The molecule has 1 heterocycles. The van der Waals surface area contributed by atoms with Crippen molar-refractivity contribution in [2.24, 2.45) is 5.92 Å². The lowest BCUT2D eigenvalue weighted by Crippen LogP contribution is -2.40. The number of anilines is 1. The molecule has 0 radical (unpaired) electrons. The van der Waals surface area contributed by atoms with Gasteiger partial charge in [0.25, 0.3) is 0 Å². The van der Waals surface area contributed by atoms with E-state index in [9.17, 15) is 9.59 Å². The van der Waals surface area contributed by atoms with Gasteiger partial charge in [0.15, 0.2) is 0 Å². The van der Waals surface area contributed by atoms with E-state index in [4.69, 9.17) is 5.11 Å². The maximum absolute atomic E-state index is 12.0. The van der Waals surface area contributed by atoms with Crippen LogP contribution in [0.2, 0.25) is 0 Å². The second-order valence-electron chi connectivity index (χ2n) is 4.99. The number of carboxylic acids is 1. The van der Waals surface area contributed by atoms with E-state index in [1.54, 1.807) is 17.0 Å². The van der Waals surface area contributed by atoms with Crippen molar-refractivity contribution in [3.63, 3.8) is 0 Å². The summed E-state index contributed by atoms with van der Waals surface area (Å²) in [6.45, 7) is 3.70. The Balaban J connectivity index is 1.98. The third-order valence-electron chi connectivity index (χ3n) is 3.43. The van der Waals surface area contributed by atoms with E-state index in [-0.39, 0.29) is 11.6 Å². The van der Waals surface area contributed by atoms with Crippen LogP contribution in [-0.2, 0) is 0 Å². The van der Waals surface area contributed by atoms with Gasteiger partial charge in [-0.2, -0.15) is 0 Å². The van der Waals surface area contributed by atoms with Gasteiger partial charge in [-0.1, -0.05) is 13.0 Å². The number of piperidine rings is 1. The van der Waals surface area contributed by atoms with Gasteiger partial charge in [-0.3, -0.25) is 0 Å². The number of hydrogen-bond donors (Lipinski definition) is 2. The van der Waals surface area contributed by atoms with Crippen molar-refractivity contribution in [2.45, 2.75) is 19.8 Å². The first-order valence-electron chi connectivity index (χ1n) is 6.45. The first-order chi connectivity index (χ1) is 9.06. The highest BCUT2D eigenvalue weighted by atomic mass is 16.4. The van der Waals surface area contributed by atoms with Crippen LogP contribution in [0.1, 0.15) is 30.1 Å². The van der Waals surface area contributed by atoms with Gasteiger partial charge in [-0.25, -0.2) is 9.59 Å². The number of likely N-dealkylation sites (tertiary alicyclic amines) is 1. The SMILES string of the molecule is CC1CCN(C(=O)Nc2cccc(C(=O)O)c2)CC1. The Bertz CT molecular complexity index is 479. The average molecular weight is 262 g/mol. The zero-order valence-corrected chi connectivity index (χ0v) is 10.9. The topological polar surface area (TPSA) is 69.6 Å². The molecule has 0 aromatic heterocycles. The van der Waals surface area contributed by atoms with Crippen LogP contribution in [0.5, 0.6) is 0 Å². The summed E-state index contributed by atoms with van der Waals surface area (Å²) in [7, 11) is 0. The molecular formula is C14H18N2O3. The van der Waals surface area contributed by atoms with Gasteiger partial charge < -0.3 is 15.3 Å². The third kappa shape index (κ3) is 3.47. The number of amides is 2. The summed E-state index contributed by atoms with van der Waals surface area (Å²) < 4.78 is 0. The molecular weight excluding hydrogens is 244 g/mol. The Labute approximate surface area is 112 Å². The summed E-state index contributed by atoms with van der Waals surface area (Å²) in [5, 5.41) is 11.6. The molecule has 1 aliphatic rings. The molecule has 0 bridgehead atoms. The largest absolute Gasteiger partial charge is 0.478 e. The fraction of sp³-hybridized carbons (Fsp3) is 0.429. The van der Waals surface area contributed by atoms with Crippen molar-refractivity contribution in [1.82, 2.24) is 4.90 Å². The first kappa shape index (κ1) is 13.4. The molecule has 1 aliphatic heterocycles. The summed E-state index contributed by atoms with van der Waals surface area (Å²) in [6, 6.07) is 6.12. The van der Waals surface area contributed by atoms with E-state index < -0.39 is 5.97 Å². The van der Waals surface area contributed by atoms with Crippen LogP contribution in [0.25, 0.3) is 0 Å². The molecule has 2 amide bonds. The fourth-order valence-electron chi connectivity index (χ4n) is 2.14. The van der Waals surface area contributed by atoms with Crippen molar-refractivity contribution in [1.29, 1.82) is 0 Å². The highest BCUT2D eigenvalue weighted by Gasteiger charge is 2.20. The molecule has 1 aromatic carbocycles. The Morgan fingerprint density at radius 1 is 1.32 bits per heavy atom. The molecule has 0 saturated carbocycles. The van der Waals surface area contributed by atoms with E-state index in [1.807, 2.05) is 0 Å². The van der Waals surface area contributed by atoms with Crippen LogP contribution in [0.3, 0.4) is 0 Å². The molecule has 1 aromatic rings. The van der Waals surface area contributed by atoms with Gasteiger partial charge in [0.2, 0.25) is 0 Å². The van der Waals surface area contributed by atoms with Crippen molar-refractivity contribution >= 4 is 17.7 Å². The van der Waals surface area contributed by atoms with Crippen LogP contribution in [0.15, 0.2) is 24.3 Å². The van der Waals surface area contributed by atoms with Gasteiger partial charge in [0, 0.05) is 18.8 Å². The molecule has 5 heteroatoms. The van der Waals surface area contributed by atoms with E-state index in [1.165, 1.54) is 12.1 Å². The van der Waals surface area contributed by atoms with Crippen LogP contribution in [0, 0.1) is 5.92 Å². The third-order valence-corrected chi connectivity index (χ3v) is 3.43. The second-order valence-corrected chi connectivity index (χ2v) is 4.99. The predicted molar refractivity (Wildman–Crippen MR) is 72.4 cm³/mol. The molecule has 1 fully saturated rings. The fourth-order valence-corrected chi connectivity index (χ4v) is 2.14. The zero-order valence-electron chi connectivity index (χ0n) is 10.9. The van der Waals surface area contributed by atoms with Gasteiger partial charge in [0.1, 0.15) is 0 Å². The molecule has 2 N–H and O–H groups in total. The molecule has 5 nitrogen and oxygen atoms in total. The minimum atomic E-state index is -0.997. The monoisotopic (exact) mass is 262 g/mol. The van der Waals surface area contributed by atoms with Crippen LogP contribution >= 0.6 is 0 Å². The number of nitrogens with zero attached hydrogens (tertiary/aromatic N) is 1. The molecule has 0 aliphatic carbocycles. The summed E-state index contributed by atoms with van der Waals surface area (Å²) in [6.07, 6.45) is 2.03. The standard InChI is InChI=1S/C14H18N2O3/c1-10-5-7-16(8-6-10)14(19)15-12-4-2-3-11(9-12)13(17)18/h2-4,9-10H,5-8H2,1H3,(H,15,19)(H,17,18). The quantitative estimate of drug-likeness (QED) is 0.860. The molecule has 2 rings (SSSR count). The number of carboxylic acid groups (broad SMARTS) is 1. The normalized spacial score (nSPS) is 16.2. The Morgan fingerprint density at radius 3 is 2.63 bits per heavy atom. The molecule has 1 saturated heterocycles. The smallest absolute Gasteiger partial charge is 0.335 e. The van der Waals surface area contributed by atoms with Crippen LogP contribution in [-0.4, -0.2) is 35.1 Å². The minimum absolute atomic E-state index is 0.158. The lowest BCUT2D eigenvalue weighted by Gasteiger charge is -2.30. The highest BCUT2D eigenvalue weighted by Crippen LogP contribution is 2.17. The zero-order chi connectivity index (χ0) is 13.8. The molecule has 0 atom stereocenters. The van der Waals surface area contributed by atoms with E-state index in [0.29, 0.717) is 11.6 Å². The Morgan fingerprint density at radius 2 is 2.00 bits per heavy atom. The molecule has 102 valence electrons. The Hall–Kier alpha value is -2.04. The number of aromatic carboxylic acids is 1. The summed E-state index contributed by atoms with van der Waals surface area (Å²) in [4.78, 5) is 24.6. The van der Waals surface area contributed by atoms with E-state index in [2.05, 4.69) is 12.2 Å². The van der Waals surface area contributed by atoms with Gasteiger partial charge >= 0.3 is 12.0 Å². The van der Waals surface area contributed by atoms with Crippen molar-refractivity contribution < 1.29 is 14.7 Å². The summed E-state index contributed by atoms with van der Waals surface area (Å²) in [5.74, 6) is -0.331. The summed E-state index contributed by atoms with van der Waals surface area (Å²) >= 11 is 0. The molecule has 0 unspecified atom stereocenters. The average Bonchev–Trinajstić information content (AvgIpc) is 2.39. The second kappa shape index (κ2) is 5.73. The number of nitrogens with one attached hydrogen (secondary N) is 1. The lowest BCUT2D eigenvalue weighted by molar-refractivity contribution is 0.0697. The lowest BCUT2D eigenvalue weighted by atomic mass is 10.00. The number of hydrogen-bond acceptors (Lipinski definition) is 2. The molecule has 19 heavy (non-hydrogen) atoms. The number of rotatable bonds is 2. The predicted octanol–water partition coefficient (Wildman–Crippen LogP) is 2.65. The Kier molecular flexibility index (Phi) is 4.04. The van der Waals surface area contributed by atoms with Gasteiger partial charge in [0.05, 0.1) is 5.56 Å². The number of carbonyl (C=O) groups is 2. The van der Waals surface area contributed by atoms with Crippen molar-refractivity contribution in [3.05, 3.63) is 29.8 Å². The number of urea groups is 1. The number of carbonyl (C=O) groups excluding carboxylic acids is 1. The van der Waals surface area contributed by atoms with E-state index in [0.717, 1.165) is 25.9 Å². The maximum Gasteiger partial charge on any atom is 0.335 e. The minimum Gasteiger partial charge on any atom is -0.478 e. The number of benzene rings is 1. The highest BCUT2D eigenvalue weighted by molar-refractivity contribution is 5.93. The maximum atomic E-state index is 12.0. The van der Waals surface area contributed by atoms with Crippen molar-refractivity contribution in [2.75, 3.05) is 18.4 Å². The van der Waals surface area contributed by atoms with Crippen LogP contribution in [0.4, 0.5) is 10.5 Å². The van der Waals surface area contributed by atoms with E-state index >= 15 is 0 Å². The summed E-state index contributed by atoms with van der Waals surface area (Å²) in [5.41, 5.74) is 0.689. The van der Waals surface area contributed by atoms with Crippen molar-refractivity contribution in [3.8, 4) is 0 Å². The molecule has 0 spiro atoms. The van der Waals surface area contributed by atoms with Crippen LogP contribution < -0.4 is 5.32 Å².